The van der Waals surface area contributed by atoms with E-state index >= 15 is 0 Å². The molecule has 160 valence electrons. The second-order valence-corrected chi connectivity index (χ2v) is 7.96. The number of aromatic nitrogens is 2. The fourth-order valence-electron chi connectivity index (χ4n) is 3.12. The molecule has 8 heteroatoms. The normalized spacial score (nSPS) is 11.1. The number of anilines is 1. The number of hydrogen-bond acceptors (Lipinski definition) is 4. The van der Waals surface area contributed by atoms with Gasteiger partial charge in [-0.25, -0.2) is 9.07 Å². The first kappa shape index (κ1) is 21.2. The molecule has 2 aromatic carbocycles. The number of benzene rings is 2. The van der Waals surface area contributed by atoms with E-state index in [1.54, 1.807) is 22.1 Å². The minimum Gasteiger partial charge on any atom is -0.366 e. The number of nitrogens with zero attached hydrogens (tertiary/aromatic N) is 2. The van der Waals surface area contributed by atoms with Crippen LogP contribution >= 0.6 is 11.3 Å². The summed E-state index contributed by atoms with van der Waals surface area (Å²) in [6, 6.07) is 16.0. The Morgan fingerprint density at radius 3 is 2.62 bits per heavy atom. The molecule has 0 atom stereocenters. The van der Waals surface area contributed by atoms with Crippen molar-refractivity contribution in [1.82, 2.24) is 9.78 Å². The van der Waals surface area contributed by atoms with Crippen LogP contribution in [0.2, 0.25) is 0 Å². The van der Waals surface area contributed by atoms with Crippen LogP contribution in [0.25, 0.3) is 22.3 Å². The molecule has 6 nitrogen and oxygen atoms in total. The van der Waals surface area contributed by atoms with Crippen LogP contribution in [0.15, 0.2) is 72.3 Å². The van der Waals surface area contributed by atoms with E-state index in [4.69, 9.17) is 5.73 Å². The van der Waals surface area contributed by atoms with E-state index in [0.717, 1.165) is 27.9 Å². The van der Waals surface area contributed by atoms with Crippen LogP contribution in [0.1, 0.15) is 21.5 Å². The Labute approximate surface area is 187 Å². The maximum atomic E-state index is 14.1. The summed E-state index contributed by atoms with van der Waals surface area (Å²) < 4.78 is 15.8. The molecule has 0 spiro atoms. The van der Waals surface area contributed by atoms with Crippen molar-refractivity contribution in [3.8, 4) is 16.3 Å². The van der Waals surface area contributed by atoms with E-state index in [1.165, 1.54) is 19.1 Å². The molecule has 0 bridgehead atoms. The maximum Gasteiger partial charge on any atom is 0.248 e. The van der Waals surface area contributed by atoms with Gasteiger partial charge >= 0.3 is 0 Å². The number of hydrogen-bond donors (Lipinski definition) is 2. The summed E-state index contributed by atoms with van der Waals surface area (Å²) in [5.41, 5.74) is 8.01. The number of nitrogens with two attached hydrogens (primary N) is 1. The highest BCUT2D eigenvalue weighted by Crippen LogP contribution is 2.28. The molecule has 3 N–H and O–H groups in total. The molecular formula is C24H19FN4O2S. The molecule has 2 amide bonds. The van der Waals surface area contributed by atoms with Gasteiger partial charge in [0.05, 0.1) is 10.6 Å². The minimum absolute atomic E-state index is 0.0171. The lowest BCUT2D eigenvalue weighted by atomic mass is 10.1. The second-order valence-electron chi connectivity index (χ2n) is 7.01. The first-order valence-electron chi connectivity index (χ1n) is 9.70. The third kappa shape index (κ3) is 4.50. The second kappa shape index (κ2) is 8.99. The summed E-state index contributed by atoms with van der Waals surface area (Å²) >= 11 is 1.55. The Kier molecular flexibility index (Phi) is 5.96. The molecule has 2 aromatic heterocycles. The van der Waals surface area contributed by atoms with Crippen molar-refractivity contribution in [2.75, 3.05) is 5.32 Å². The van der Waals surface area contributed by atoms with Gasteiger partial charge in [0, 0.05) is 34.7 Å². The van der Waals surface area contributed by atoms with E-state index in [9.17, 15) is 14.0 Å². The zero-order valence-electron chi connectivity index (χ0n) is 17.1. The van der Waals surface area contributed by atoms with Crippen molar-refractivity contribution in [2.45, 2.75) is 6.92 Å². The van der Waals surface area contributed by atoms with Crippen LogP contribution in [0, 0.1) is 12.7 Å². The van der Waals surface area contributed by atoms with Gasteiger partial charge in [-0.2, -0.15) is 5.10 Å². The molecule has 0 aliphatic rings. The Morgan fingerprint density at radius 1 is 1.16 bits per heavy atom. The molecule has 0 aliphatic heterocycles. The van der Waals surface area contributed by atoms with Crippen LogP contribution < -0.4 is 11.1 Å². The van der Waals surface area contributed by atoms with Gasteiger partial charge in [0.1, 0.15) is 11.5 Å². The summed E-state index contributed by atoms with van der Waals surface area (Å²) in [6.07, 6.45) is 4.84. The Balaban J connectivity index is 1.63. The fourth-order valence-corrected chi connectivity index (χ4v) is 3.85. The molecule has 0 fully saturated rings. The number of amides is 2. The van der Waals surface area contributed by atoms with Gasteiger partial charge in [-0.3, -0.25) is 9.59 Å². The zero-order chi connectivity index (χ0) is 22.7. The lowest BCUT2D eigenvalue weighted by Gasteiger charge is -2.09. The Morgan fingerprint density at radius 2 is 1.94 bits per heavy atom. The Hall–Kier alpha value is -4.04. The van der Waals surface area contributed by atoms with Gasteiger partial charge in [-0.1, -0.05) is 24.3 Å². The summed E-state index contributed by atoms with van der Waals surface area (Å²) in [6.45, 7) is 1.51. The SMILES string of the molecule is Cc1c(F)cc(C(N)=O)cc1NC(=O)C=Cc1cn(-c2ccccc2)nc1-c1cccs1. The predicted molar refractivity (Wildman–Crippen MR) is 124 cm³/mol. The number of primary amides is 1. The maximum absolute atomic E-state index is 14.1. The van der Waals surface area contributed by atoms with Crippen molar-refractivity contribution in [3.05, 3.63) is 94.8 Å². The topological polar surface area (TPSA) is 90.0 Å². The van der Waals surface area contributed by atoms with E-state index in [1.807, 2.05) is 54.0 Å². The third-order valence-electron chi connectivity index (χ3n) is 4.82. The number of rotatable bonds is 6. The lowest BCUT2D eigenvalue weighted by molar-refractivity contribution is -0.111. The number of thiophene rings is 1. The van der Waals surface area contributed by atoms with Crippen LogP contribution in [-0.4, -0.2) is 21.6 Å². The summed E-state index contributed by atoms with van der Waals surface area (Å²) in [5, 5.41) is 9.25. The van der Waals surface area contributed by atoms with Gasteiger partial charge in [0.2, 0.25) is 11.8 Å². The number of carbonyl (C=O) groups is 2. The van der Waals surface area contributed by atoms with E-state index < -0.39 is 17.6 Å². The molecule has 4 aromatic rings. The quantitative estimate of drug-likeness (QED) is 0.417. The van der Waals surface area contributed by atoms with Crippen LogP contribution in [0.5, 0.6) is 0 Å². The van der Waals surface area contributed by atoms with Crippen LogP contribution in [0.3, 0.4) is 0 Å². The highest BCUT2D eigenvalue weighted by Gasteiger charge is 2.14. The largest absolute Gasteiger partial charge is 0.366 e. The van der Waals surface area contributed by atoms with Crippen molar-refractivity contribution in [2.24, 2.45) is 5.73 Å². The van der Waals surface area contributed by atoms with Gasteiger partial charge < -0.3 is 11.1 Å². The number of nitrogens with one attached hydrogen (secondary N) is 1. The number of carbonyl (C=O) groups excluding carboxylic acids is 2. The standard InChI is InChI=1S/C24H19FN4O2S/c1-15-19(25)12-17(24(26)31)13-20(15)27-22(30)10-9-16-14-29(18-6-3-2-4-7-18)28-23(16)21-8-5-11-32-21/h2-14H,1H3,(H2,26,31)(H,27,30). The van der Waals surface area contributed by atoms with E-state index in [-0.39, 0.29) is 16.8 Å². The van der Waals surface area contributed by atoms with Crippen molar-refractivity contribution in [3.63, 3.8) is 0 Å². The first-order valence-corrected chi connectivity index (χ1v) is 10.6. The van der Waals surface area contributed by atoms with Gasteiger partial charge in [0.25, 0.3) is 0 Å². The van der Waals surface area contributed by atoms with E-state index in [0.29, 0.717) is 0 Å². The summed E-state index contributed by atoms with van der Waals surface area (Å²) in [4.78, 5) is 24.9. The van der Waals surface area contributed by atoms with Crippen LogP contribution in [0.4, 0.5) is 10.1 Å². The minimum atomic E-state index is -0.774. The van der Waals surface area contributed by atoms with Crippen molar-refractivity contribution >= 4 is 34.9 Å². The number of para-hydroxylation sites is 1. The average Bonchev–Trinajstić information content (AvgIpc) is 3.45. The lowest BCUT2D eigenvalue weighted by Crippen LogP contribution is -2.15. The van der Waals surface area contributed by atoms with Crippen molar-refractivity contribution in [1.29, 1.82) is 0 Å². The van der Waals surface area contributed by atoms with E-state index in [2.05, 4.69) is 10.4 Å². The fraction of sp³-hybridized carbons (Fsp3) is 0.0417. The van der Waals surface area contributed by atoms with Gasteiger partial charge in [0.15, 0.2) is 0 Å². The zero-order valence-corrected chi connectivity index (χ0v) is 17.9. The summed E-state index contributed by atoms with van der Waals surface area (Å²) in [5.74, 6) is -1.87. The molecule has 0 saturated carbocycles. The molecule has 0 unspecified atom stereocenters. The predicted octanol–water partition coefficient (Wildman–Crippen LogP) is 4.80. The molecule has 32 heavy (non-hydrogen) atoms. The highest BCUT2D eigenvalue weighted by atomic mass is 32.1. The molecule has 2 heterocycles. The Bertz CT molecular complexity index is 1310. The molecule has 0 radical (unpaired) electrons. The summed E-state index contributed by atoms with van der Waals surface area (Å²) in [7, 11) is 0. The average molecular weight is 447 g/mol. The third-order valence-corrected chi connectivity index (χ3v) is 5.70. The highest BCUT2D eigenvalue weighted by molar-refractivity contribution is 7.13. The smallest absolute Gasteiger partial charge is 0.248 e. The van der Waals surface area contributed by atoms with Crippen LogP contribution in [-0.2, 0) is 4.79 Å². The monoisotopic (exact) mass is 446 g/mol. The van der Waals surface area contributed by atoms with Crippen molar-refractivity contribution < 1.29 is 14.0 Å². The first-order chi connectivity index (χ1) is 15.4. The van der Waals surface area contributed by atoms with Gasteiger partial charge in [-0.15, -0.1) is 11.3 Å². The van der Waals surface area contributed by atoms with Gasteiger partial charge in [-0.05, 0) is 48.7 Å². The molecule has 0 saturated heterocycles. The molecular weight excluding hydrogens is 427 g/mol. The molecule has 4 rings (SSSR count). The number of halogens is 1. The molecule has 0 aliphatic carbocycles.